The van der Waals surface area contributed by atoms with Crippen molar-refractivity contribution in [3.05, 3.63) is 57.0 Å². The normalized spacial score (nSPS) is 14.7. The van der Waals surface area contributed by atoms with Crippen LogP contribution in [-0.4, -0.2) is 27.7 Å². The average Bonchev–Trinajstić information content (AvgIpc) is 2.83. The first kappa shape index (κ1) is 26.7. The third-order valence-corrected chi connectivity index (χ3v) is 6.04. The van der Waals surface area contributed by atoms with Gasteiger partial charge in [-0.3, -0.25) is 10.1 Å². The molecule has 0 amide bonds. The zero-order valence-electron chi connectivity index (χ0n) is 20.8. The smallest absolute Gasteiger partial charge is 0.434 e. The number of carbonyl (C=O) groups is 1. The van der Waals surface area contributed by atoms with Gasteiger partial charge in [-0.05, 0) is 18.9 Å². The Kier molecular flexibility index (Phi) is 9.43. The van der Waals surface area contributed by atoms with E-state index in [1.807, 2.05) is 0 Å². The maximum absolute atomic E-state index is 12.6. The zero-order chi connectivity index (χ0) is 26.1. The highest BCUT2D eigenvalue weighted by Gasteiger charge is 2.35. The Morgan fingerprint density at radius 1 is 1.11 bits per heavy atom. The molecule has 0 saturated carbocycles. The lowest BCUT2D eigenvalue weighted by Crippen LogP contribution is -2.25. The number of fused-ring (bicyclic) bond motifs is 1. The van der Waals surface area contributed by atoms with Gasteiger partial charge in [0, 0.05) is 12.1 Å². The molecule has 11 nitrogen and oxygen atoms in total. The Morgan fingerprint density at radius 2 is 1.81 bits per heavy atom. The van der Waals surface area contributed by atoms with Crippen LogP contribution in [0.15, 0.2) is 35.7 Å². The fourth-order valence-electron chi connectivity index (χ4n) is 4.25. The van der Waals surface area contributed by atoms with E-state index < -0.39 is 17.0 Å². The summed E-state index contributed by atoms with van der Waals surface area (Å²) in [5, 5.41) is 14.4. The second-order valence-corrected chi connectivity index (χ2v) is 8.80. The molecule has 0 fully saturated rings. The molecule has 3 rings (SSSR count). The van der Waals surface area contributed by atoms with E-state index in [1.54, 1.807) is 19.1 Å². The molecule has 1 aliphatic rings. The molecule has 194 valence electrons. The van der Waals surface area contributed by atoms with Crippen LogP contribution in [-0.2, 0) is 9.47 Å². The number of nitrogens with zero attached hydrogens (tertiary/aromatic N) is 3. The number of nitrogens with two attached hydrogens (primary N) is 2. The Labute approximate surface area is 210 Å². The second kappa shape index (κ2) is 12.7. The molecule has 1 aliphatic heterocycles. The molecular weight excluding hydrogens is 464 g/mol. The van der Waals surface area contributed by atoms with Gasteiger partial charge in [0.15, 0.2) is 0 Å². The summed E-state index contributed by atoms with van der Waals surface area (Å²) in [7, 11) is 0. The summed E-state index contributed by atoms with van der Waals surface area (Å²) in [5.74, 6) is -0.198. The maximum Gasteiger partial charge on any atom is 0.513 e. The third kappa shape index (κ3) is 6.83. The van der Waals surface area contributed by atoms with Gasteiger partial charge in [-0.2, -0.15) is 9.97 Å². The molecule has 0 bridgehead atoms. The van der Waals surface area contributed by atoms with Gasteiger partial charge in [-0.25, -0.2) is 4.79 Å². The lowest BCUT2D eigenvalue weighted by Gasteiger charge is -2.29. The first-order valence-electron chi connectivity index (χ1n) is 12.3. The van der Waals surface area contributed by atoms with Gasteiger partial charge in [-0.1, -0.05) is 64.0 Å². The molecular formula is C25H34N6O5. The summed E-state index contributed by atoms with van der Waals surface area (Å²) in [6, 6.07) is 6.02. The van der Waals surface area contributed by atoms with Gasteiger partial charge in [0.25, 0.3) is 5.69 Å². The molecule has 2 aromatic rings. The van der Waals surface area contributed by atoms with E-state index in [0.29, 0.717) is 22.6 Å². The number of benzene rings is 1. The number of aromatic nitrogens is 2. The number of allylic oxidation sites excluding steroid dienone is 2. The quantitative estimate of drug-likeness (QED) is 0.144. The Balaban J connectivity index is 1.73. The van der Waals surface area contributed by atoms with Crippen LogP contribution >= 0.6 is 0 Å². The highest BCUT2D eigenvalue weighted by molar-refractivity contribution is 5.71. The van der Waals surface area contributed by atoms with E-state index >= 15 is 0 Å². The van der Waals surface area contributed by atoms with Crippen LogP contribution in [0.4, 0.5) is 28.1 Å². The summed E-state index contributed by atoms with van der Waals surface area (Å²) in [6.07, 6.45) is 8.13. The first-order valence-corrected chi connectivity index (χ1v) is 12.3. The summed E-state index contributed by atoms with van der Waals surface area (Å²) in [5.41, 5.74) is 13.2. The van der Waals surface area contributed by atoms with Crippen molar-refractivity contribution in [3.63, 3.8) is 0 Å². The van der Waals surface area contributed by atoms with Gasteiger partial charge in [-0.15, -0.1) is 0 Å². The second-order valence-electron chi connectivity index (χ2n) is 8.80. The molecule has 1 atom stereocenters. The predicted octanol–water partition coefficient (Wildman–Crippen LogP) is 5.63. The highest BCUT2D eigenvalue weighted by atomic mass is 16.7. The minimum absolute atomic E-state index is 0.0292. The Bertz CT molecular complexity index is 1120. The van der Waals surface area contributed by atoms with Gasteiger partial charge < -0.3 is 26.3 Å². The molecule has 36 heavy (non-hydrogen) atoms. The maximum atomic E-state index is 12.6. The molecule has 1 unspecified atom stereocenters. The number of hydrogen-bond acceptors (Lipinski definition) is 10. The molecule has 0 saturated heterocycles. The monoisotopic (exact) mass is 498 g/mol. The van der Waals surface area contributed by atoms with Crippen molar-refractivity contribution in [1.82, 2.24) is 9.97 Å². The van der Waals surface area contributed by atoms with Crippen LogP contribution < -0.4 is 16.8 Å². The number of nitro groups is 1. The number of nitrogens with one attached hydrogen (secondary N) is 1. The van der Waals surface area contributed by atoms with Crippen molar-refractivity contribution in [1.29, 1.82) is 0 Å². The molecule has 0 aliphatic carbocycles. The van der Waals surface area contributed by atoms with Gasteiger partial charge in [0.05, 0.1) is 28.7 Å². The average molecular weight is 499 g/mol. The van der Waals surface area contributed by atoms with Crippen LogP contribution in [0.25, 0.3) is 0 Å². The van der Waals surface area contributed by atoms with E-state index in [4.69, 9.17) is 20.9 Å². The van der Waals surface area contributed by atoms with E-state index in [9.17, 15) is 14.9 Å². The summed E-state index contributed by atoms with van der Waals surface area (Å²) in [6.45, 7) is 4.14. The van der Waals surface area contributed by atoms with Crippen molar-refractivity contribution < 1.29 is 19.2 Å². The van der Waals surface area contributed by atoms with Crippen molar-refractivity contribution in [3.8, 4) is 0 Å². The number of unbranched alkanes of at least 4 members (excludes halogenated alkanes) is 7. The SMILES string of the molecule is CCCCCCCCCCOC(=O)OC1=C(C)Nc2nc(N)nc(N)c2C1c1cccc([N+](=O)[O-])c1. The largest absolute Gasteiger partial charge is 0.513 e. The van der Waals surface area contributed by atoms with E-state index in [2.05, 4.69) is 22.2 Å². The predicted molar refractivity (Wildman–Crippen MR) is 137 cm³/mol. The summed E-state index contributed by atoms with van der Waals surface area (Å²) < 4.78 is 10.9. The molecule has 2 heterocycles. The van der Waals surface area contributed by atoms with Crippen LogP contribution in [0.5, 0.6) is 0 Å². The van der Waals surface area contributed by atoms with Crippen LogP contribution in [0.1, 0.15) is 82.3 Å². The third-order valence-electron chi connectivity index (χ3n) is 6.04. The zero-order valence-corrected chi connectivity index (χ0v) is 20.8. The fourth-order valence-corrected chi connectivity index (χ4v) is 4.25. The lowest BCUT2D eigenvalue weighted by molar-refractivity contribution is -0.384. The molecule has 0 radical (unpaired) electrons. The van der Waals surface area contributed by atoms with Crippen molar-refractivity contribution in [2.24, 2.45) is 0 Å². The van der Waals surface area contributed by atoms with Crippen molar-refractivity contribution >= 4 is 29.4 Å². The number of nitrogen functional groups attached to an aromatic ring is 2. The van der Waals surface area contributed by atoms with Crippen LogP contribution in [0.3, 0.4) is 0 Å². The van der Waals surface area contributed by atoms with Gasteiger partial charge in [0.2, 0.25) is 5.95 Å². The van der Waals surface area contributed by atoms with E-state index in [-0.39, 0.29) is 29.8 Å². The van der Waals surface area contributed by atoms with Crippen molar-refractivity contribution in [2.75, 3.05) is 23.4 Å². The number of nitro benzene ring substituents is 1. The summed E-state index contributed by atoms with van der Waals surface area (Å²) >= 11 is 0. The lowest BCUT2D eigenvalue weighted by atomic mass is 9.86. The molecule has 1 aromatic carbocycles. The molecule has 5 N–H and O–H groups in total. The standard InChI is InChI=1S/C25H34N6O5/c1-3-4-5-6-7-8-9-10-14-35-25(32)36-21-16(2)28-23-20(22(26)29-24(27)30-23)19(21)17-12-11-13-18(15-17)31(33)34/h11-13,15,19H,3-10,14H2,1-2H3,(H5,26,27,28,29,30). The number of hydrogen-bond donors (Lipinski definition) is 3. The number of non-ortho nitro benzene ring substituents is 1. The summed E-state index contributed by atoms with van der Waals surface area (Å²) in [4.78, 5) is 31.7. The molecule has 11 heteroatoms. The molecule has 0 spiro atoms. The number of ether oxygens (including phenoxy) is 2. The highest BCUT2D eigenvalue weighted by Crippen LogP contribution is 2.44. The first-order chi connectivity index (χ1) is 17.3. The topological polar surface area (TPSA) is 169 Å². The van der Waals surface area contributed by atoms with E-state index in [1.165, 1.54) is 44.2 Å². The number of anilines is 3. The Morgan fingerprint density at radius 3 is 2.50 bits per heavy atom. The van der Waals surface area contributed by atoms with Gasteiger partial charge >= 0.3 is 6.16 Å². The minimum Gasteiger partial charge on any atom is -0.434 e. The Hall–Kier alpha value is -3.89. The van der Waals surface area contributed by atoms with Crippen LogP contribution in [0, 0.1) is 10.1 Å². The fraction of sp³-hybridized carbons (Fsp3) is 0.480. The van der Waals surface area contributed by atoms with Crippen LogP contribution in [0.2, 0.25) is 0 Å². The van der Waals surface area contributed by atoms with Crippen molar-refractivity contribution in [2.45, 2.75) is 71.1 Å². The molecule has 1 aromatic heterocycles. The number of rotatable bonds is 12. The van der Waals surface area contributed by atoms with Gasteiger partial charge in [0.1, 0.15) is 17.4 Å². The number of carbonyl (C=O) groups excluding carboxylic acids is 1. The minimum atomic E-state index is -0.858. The van der Waals surface area contributed by atoms with E-state index in [0.717, 1.165) is 19.3 Å².